The van der Waals surface area contributed by atoms with Gasteiger partial charge in [0.15, 0.2) is 0 Å². The highest BCUT2D eigenvalue weighted by atomic mass is 16.5. The van der Waals surface area contributed by atoms with Crippen LogP contribution >= 0.6 is 0 Å². The van der Waals surface area contributed by atoms with Gasteiger partial charge in [0.1, 0.15) is 29.5 Å². The highest BCUT2D eigenvalue weighted by Crippen LogP contribution is 2.23. The van der Waals surface area contributed by atoms with Gasteiger partial charge in [0.05, 0.1) is 7.11 Å². The quantitative estimate of drug-likeness (QED) is 0.748. The minimum Gasteiger partial charge on any atom is -0.497 e. The summed E-state index contributed by atoms with van der Waals surface area (Å²) in [6.45, 7) is 3.62. The average molecular weight is 362 g/mol. The van der Waals surface area contributed by atoms with Crippen LogP contribution in [0.4, 0.5) is 23.1 Å². The van der Waals surface area contributed by atoms with Crippen molar-refractivity contribution in [1.82, 2.24) is 15.0 Å². The standard InChI is InChI=1S/C20H22N6O/c1-27-17-6-4-5-16(13-17)24-18-14-20(23-15-22-18)26-11-9-25(10-12-26)19-7-2-3-8-21-19/h2-8,13-15H,9-12H2,1H3,(H,22,23,24). The number of methoxy groups -OCH3 is 1. The molecule has 0 amide bonds. The van der Waals surface area contributed by atoms with Crippen molar-refractivity contribution in [3.63, 3.8) is 0 Å². The Kier molecular flexibility index (Phi) is 5.00. The third-order valence-corrected chi connectivity index (χ3v) is 4.57. The number of rotatable bonds is 5. The molecule has 1 N–H and O–H groups in total. The van der Waals surface area contributed by atoms with Crippen LogP contribution in [-0.4, -0.2) is 48.2 Å². The summed E-state index contributed by atoms with van der Waals surface area (Å²) < 4.78 is 5.27. The normalized spacial score (nSPS) is 14.1. The molecule has 0 aliphatic carbocycles. The van der Waals surface area contributed by atoms with Crippen LogP contribution in [0, 0.1) is 0 Å². The highest BCUT2D eigenvalue weighted by molar-refractivity contribution is 5.61. The van der Waals surface area contributed by atoms with Crippen molar-refractivity contribution in [3.05, 3.63) is 61.1 Å². The Labute approximate surface area is 158 Å². The summed E-state index contributed by atoms with van der Waals surface area (Å²) in [5.41, 5.74) is 0.930. The van der Waals surface area contributed by atoms with E-state index in [1.807, 2.05) is 48.7 Å². The molecule has 7 nitrogen and oxygen atoms in total. The van der Waals surface area contributed by atoms with Gasteiger partial charge in [-0.1, -0.05) is 12.1 Å². The van der Waals surface area contributed by atoms with Crippen molar-refractivity contribution >= 4 is 23.1 Å². The minimum absolute atomic E-state index is 0.764. The summed E-state index contributed by atoms with van der Waals surface area (Å²) in [6.07, 6.45) is 3.44. The molecule has 138 valence electrons. The van der Waals surface area contributed by atoms with Gasteiger partial charge < -0.3 is 19.9 Å². The Morgan fingerprint density at radius 1 is 0.852 bits per heavy atom. The van der Waals surface area contributed by atoms with Crippen LogP contribution < -0.4 is 19.9 Å². The van der Waals surface area contributed by atoms with E-state index in [0.29, 0.717) is 0 Å². The Hall–Kier alpha value is -3.35. The molecule has 7 heteroatoms. The van der Waals surface area contributed by atoms with Crippen LogP contribution in [0.2, 0.25) is 0 Å². The van der Waals surface area contributed by atoms with Crippen LogP contribution in [0.1, 0.15) is 0 Å². The summed E-state index contributed by atoms with van der Waals surface area (Å²) in [5.74, 6) is 3.52. The molecule has 1 aliphatic heterocycles. The molecule has 3 aromatic rings. The number of hydrogen-bond donors (Lipinski definition) is 1. The third kappa shape index (κ3) is 4.08. The van der Waals surface area contributed by atoms with E-state index in [1.165, 1.54) is 0 Å². The van der Waals surface area contributed by atoms with E-state index in [1.54, 1.807) is 13.4 Å². The second-order valence-corrected chi connectivity index (χ2v) is 6.28. The zero-order chi connectivity index (χ0) is 18.5. The maximum atomic E-state index is 5.27. The molecule has 0 unspecified atom stereocenters. The van der Waals surface area contributed by atoms with Gasteiger partial charge in [0, 0.05) is 50.2 Å². The molecule has 2 aromatic heterocycles. The molecule has 0 radical (unpaired) electrons. The lowest BCUT2D eigenvalue weighted by Crippen LogP contribution is -2.47. The van der Waals surface area contributed by atoms with Crippen LogP contribution in [0.25, 0.3) is 0 Å². The number of ether oxygens (including phenoxy) is 1. The molecule has 1 aromatic carbocycles. The summed E-state index contributed by atoms with van der Waals surface area (Å²) in [6, 6.07) is 15.8. The summed E-state index contributed by atoms with van der Waals surface area (Å²) in [4.78, 5) is 17.8. The number of nitrogens with zero attached hydrogens (tertiary/aromatic N) is 5. The lowest BCUT2D eigenvalue weighted by atomic mass is 10.3. The Morgan fingerprint density at radius 2 is 1.67 bits per heavy atom. The van der Waals surface area contributed by atoms with Crippen molar-refractivity contribution in [1.29, 1.82) is 0 Å². The molecule has 1 saturated heterocycles. The van der Waals surface area contributed by atoms with Gasteiger partial charge in [-0.05, 0) is 24.3 Å². The largest absolute Gasteiger partial charge is 0.497 e. The Morgan fingerprint density at radius 3 is 2.41 bits per heavy atom. The van der Waals surface area contributed by atoms with Crippen molar-refractivity contribution in [3.8, 4) is 5.75 Å². The van der Waals surface area contributed by atoms with Crippen molar-refractivity contribution in [2.75, 3.05) is 48.4 Å². The van der Waals surface area contributed by atoms with E-state index in [4.69, 9.17) is 4.74 Å². The highest BCUT2D eigenvalue weighted by Gasteiger charge is 2.19. The second-order valence-electron chi connectivity index (χ2n) is 6.28. The molecule has 0 bridgehead atoms. The van der Waals surface area contributed by atoms with Gasteiger partial charge in [-0.2, -0.15) is 0 Å². The first-order valence-corrected chi connectivity index (χ1v) is 8.96. The average Bonchev–Trinajstić information content (AvgIpc) is 2.75. The molecular formula is C20H22N6O. The number of aromatic nitrogens is 3. The maximum absolute atomic E-state index is 5.27. The predicted octanol–water partition coefficient (Wildman–Crippen LogP) is 2.95. The Bertz CT molecular complexity index is 880. The number of hydrogen-bond acceptors (Lipinski definition) is 7. The fourth-order valence-electron chi connectivity index (χ4n) is 3.14. The molecule has 0 spiro atoms. The number of nitrogens with one attached hydrogen (secondary N) is 1. The molecule has 0 atom stereocenters. The van der Waals surface area contributed by atoms with E-state index in [2.05, 4.69) is 36.1 Å². The van der Waals surface area contributed by atoms with Crippen molar-refractivity contribution in [2.24, 2.45) is 0 Å². The fraction of sp³-hybridized carbons (Fsp3) is 0.250. The molecular weight excluding hydrogens is 340 g/mol. The molecule has 4 rings (SSSR count). The van der Waals surface area contributed by atoms with Crippen LogP contribution in [0.5, 0.6) is 5.75 Å². The lowest BCUT2D eigenvalue weighted by molar-refractivity contribution is 0.415. The first-order chi connectivity index (χ1) is 13.3. The zero-order valence-corrected chi connectivity index (χ0v) is 15.2. The number of piperazine rings is 1. The SMILES string of the molecule is COc1cccc(Nc2cc(N3CCN(c4ccccn4)CC3)ncn2)c1. The summed E-state index contributed by atoms with van der Waals surface area (Å²) in [5, 5.41) is 3.31. The number of benzene rings is 1. The molecule has 3 heterocycles. The van der Waals surface area contributed by atoms with Gasteiger partial charge >= 0.3 is 0 Å². The first-order valence-electron chi connectivity index (χ1n) is 8.96. The number of anilines is 4. The van der Waals surface area contributed by atoms with Crippen molar-refractivity contribution < 1.29 is 4.74 Å². The predicted molar refractivity (Wildman–Crippen MR) is 107 cm³/mol. The van der Waals surface area contributed by atoms with E-state index in [-0.39, 0.29) is 0 Å². The van der Waals surface area contributed by atoms with E-state index >= 15 is 0 Å². The lowest BCUT2D eigenvalue weighted by Gasteiger charge is -2.36. The van der Waals surface area contributed by atoms with Crippen LogP contribution in [0.3, 0.4) is 0 Å². The second kappa shape index (κ2) is 7.90. The van der Waals surface area contributed by atoms with E-state index in [0.717, 1.165) is 55.1 Å². The first kappa shape index (κ1) is 17.1. The van der Waals surface area contributed by atoms with Gasteiger partial charge in [0.25, 0.3) is 0 Å². The van der Waals surface area contributed by atoms with Crippen LogP contribution in [0.15, 0.2) is 61.1 Å². The summed E-state index contributed by atoms with van der Waals surface area (Å²) >= 11 is 0. The van der Waals surface area contributed by atoms with Crippen LogP contribution in [-0.2, 0) is 0 Å². The smallest absolute Gasteiger partial charge is 0.135 e. The van der Waals surface area contributed by atoms with Gasteiger partial charge in [-0.15, -0.1) is 0 Å². The molecule has 0 saturated carbocycles. The third-order valence-electron chi connectivity index (χ3n) is 4.57. The zero-order valence-electron chi connectivity index (χ0n) is 15.2. The number of pyridine rings is 1. The minimum atomic E-state index is 0.764. The molecule has 1 fully saturated rings. The maximum Gasteiger partial charge on any atom is 0.135 e. The fourth-order valence-corrected chi connectivity index (χ4v) is 3.14. The van der Waals surface area contributed by atoms with Gasteiger partial charge in [0.2, 0.25) is 0 Å². The van der Waals surface area contributed by atoms with Gasteiger partial charge in [-0.3, -0.25) is 0 Å². The molecule has 1 aliphatic rings. The molecule has 27 heavy (non-hydrogen) atoms. The van der Waals surface area contributed by atoms with Gasteiger partial charge in [-0.25, -0.2) is 15.0 Å². The Balaban J connectivity index is 1.42. The summed E-state index contributed by atoms with van der Waals surface area (Å²) in [7, 11) is 1.66. The van der Waals surface area contributed by atoms with Crippen molar-refractivity contribution in [2.45, 2.75) is 0 Å². The van der Waals surface area contributed by atoms with E-state index in [9.17, 15) is 0 Å². The van der Waals surface area contributed by atoms with E-state index < -0.39 is 0 Å². The topological polar surface area (TPSA) is 66.4 Å². The monoisotopic (exact) mass is 362 g/mol.